The Morgan fingerprint density at radius 2 is 2.57 bits per heavy atom. The summed E-state index contributed by atoms with van der Waals surface area (Å²) in [4.78, 5) is 12.5. The molecule has 0 fully saturated rings. The minimum absolute atomic E-state index is 0.106. The Balaban J connectivity index is 3.30. The van der Waals surface area contributed by atoms with Crippen LogP contribution in [-0.2, 0) is 0 Å². The van der Waals surface area contributed by atoms with Gasteiger partial charge in [-0.05, 0) is 0 Å². The summed E-state index contributed by atoms with van der Waals surface area (Å²) < 4.78 is 0.505. The van der Waals surface area contributed by atoms with Crippen molar-refractivity contribution >= 4 is 22.9 Å². The lowest BCUT2D eigenvalue weighted by Crippen LogP contribution is -1.87. The molecule has 1 N–H and O–H groups in total. The van der Waals surface area contributed by atoms with Gasteiger partial charge in [-0.3, -0.25) is 4.79 Å². The third kappa shape index (κ3) is 1.04. The van der Waals surface area contributed by atoms with Crippen LogP contribution in [0.1, 0.15) is 0 Å². The van der Waals surface area contributed by atoms with Crippen molar-refractivity contribution < 1.29 is 0 Å². The fourth-order valence-corrected chi connectivity index (χ4v) is 0.941. The molecule has 1 rings (SSSR count). The monoisotopic (exact) mass is 135 g/mol. The first-order valence-corrected chi connectivity index (χ1v) is 2.82. The van der Waals surface area contributed by atoms with Crippen molar-refractivity contribution in [3.8, 4) is 0 Å². The van der Waals surface area contributed by atoms with E-state index in [1.165, 1.54) is 6.20 Å². The van der Waals surface area contributed by atoms with E-state index in [0.717, 1.165) is 11.3 Å². The second-order valence-electron chi connectivity index (χ2n) is 0.982. The smallest absolute Gasteiger partial charge is 0.305 e. The van der Waals surface area contributed by atoms with Gasteiger partial charge < -0.3 is 4.98 Å². The topological polar surface area (TPSA) is 32.9 Å². The maximum atomic E-state index is 10.2. The van der Waals surface area contributed by atoms with E-state index in [4.69, 9.17) is 11.6 Å². The van der Waals surface area contributed by atoms with E-state index in [-0.39, 0.29) is 4.87 Å². The molecule has 0 aliphatic heterocycles. The molecule has 0 amide bonds. The quantitative estimate of drug-likeness (QED) is 0.568. The molecular weight excluding hydrogens is 134 g/mol. The fourth-order valence-electron chi connectivity index (χ4n) is 0.263. The molecule has 0 aliphatic carbocycles. The number of hydrogen-bond acceptors (Lipinski definition) is 2. The van der Waals surface area contributed by atoms with Gasteiger partial charge in [0, 0.05) is 6.20 Å². The molecule has 38 valence electrons. The number of rotatable bonds is 0. The molecule has 0 atom stereocenters. The molecule has 0 spiro atoms. The SMILES string of the molecule is O=c1[nH]cc(Cl)s1. The predicted octanol–water partition coefficient (Wildman–Crippen LogP) is 1.09. The van der Waals surface area contributed by atoms with Gasteiger partial charge in [-0.2, -0.15) is 0 Å². The van der Waals surface area contributed by atoms with Crippen molar-refractivity contribution in [3.05, 3.63) is 20.2 Å². The van der Waals surface area contributed by atoms with Crippen LogP contribution in [0.4, 0.5) is 0 Å². The van der Waals surface area contributed by atoms with Crippen LogP contribution < -0.4 is 4.87 Å². The van der Waals surface area contributed by atoms with Gasteiger partial charge >= 0.3 is 4.87 Å². The van der Waals surface area contributed by atoms with Crippen LogP contribution in [0, 0.1) is 0 Å². The van der Waals surface area contributed by atoms with E-state index in [9.17, 15) is 4.79 Å². The Morgan fingerprint density at radius 3 is 2.71 bits per heavy atom. The zero-order valence-corrected chi connectivity index (χ0v) is 4.84. The highest BCUT2D eigenvalue weighted by atomic mass is 35.5. The van der Waals surface area contributed by atoms with Crippen molar-refractivity contribution in [2.24, 2.45) is 0 Å². The molecule has 0 radical (unpaired) electrons. The van der Waals surface area contributed by atoms with Crippen LogP contribution in [-0.4, -0.2) is 4.98 Å². The number of aromatic amines is 1. The summed E-state index contributed by atoms with van der Waals surface area (Å²) in [5.41, 5.74) is 0. The van der Waals surface area contributed by atoms with Crippen LogP contribution in [0.3, 0.4) is 0 Å². The number of aromatic nitrogens is 1. The zero-order chi connectivity index (χ0) is 5.28. The number of nitrogens with one attached hydrogen (secondary N) is 1. The lowest BCUT2D eigenvalue weighted by atomic mass is 11.0. The summed E-state index contributed by atoms with van der Waals surface area (Å²) >= 11 is 6.34. The minimum atomic E-state index is -0.106. The first-order valence-electron chi connectivity index (χ1n) is 1.63. The first-order chi connectivity index (χ1) is 3.29. The van der Waals surface area contributed by atoms with Crippen LogP contribution >= 0.6 is 22.9 Å². The third-order valence-corrected chi connectivity index (χ3v) is 1.45. The van der Waals surface area contributed by atoms with Gasteiger partial charge in [0.05, 0.1) is 0 Å². The van der Waals surface area contributed by atoms with Crippen molar-refractivity contribution in [2.75, 3.05) is 0 Å². The predicted molar refractivity (Wildman–Crippen MR) is 29.9 cm³/mol. The molecule has 0 saturated carbocycles. The second-order valence-corrected chi connectivity index (χ2v) is 2.63. The highest BCUT2D eigenvalue weighted by Crippen LogP contribution is 2.06. The highest BCUT2D eigenvalue weighted by molar-refractivity contribution is 7.13. The average molecular weight is 136 g/mol. The molecule has 1 aromatic heterocycles. The van der Waals surface area contributed by atoms with Gasteiger partial charge in [-0.15, -0.1) is 0 Å². The summed E-state index contributed by atoms with van der Waals surface area (Å²) in [5.74, 6) is 0. The zero-order valence-electron chi connectivity index (χ0n) is 3.27. The van der Waals surface area contributed by atoms with Crippen LogP contribution in [0.15, 0.2) is 11.0 Å². The Bertz CT molecular complexity index is 203. The number of H-pyrrole nitrogens is 1. The summed E-state index contributed by atoms with van der Waals surface area (Å²) in [6, 6.07) is 0. The van der Waals surface area contributed by atoms with E-state index in [1.54, 1.807) is 0 Å². The molecular formula is C3H2ClNOS. The van der Waals surface area contributed by atoms with Gasteiger partial charge in [0.25, 0.3) is 0 Å². The number of hydrogen-bond donors (Lipinski definition) is 1. The van der Waals surface area contributed by atoms with Crippen molar-refractivity contribution in [1.29, 1.82) is 0 Å². The molecule has 7 heavy (non-hydrogen) atoms. The lowest BCUT2D eigenvalue weighted by Gasteiger charge is -1.59. The Kier molecular flexibility index (Phi) is 1.17. The van der Waals surface area contributed by atoms with Crippen LogP contribution in [0.5, 0.6) is 0 Å². The Morgan fingerprint density at radius 1 is 1.86 bits per heavy atom. The molecule has 0 unspecified atom stereocenters. The van der Waals surface area contributed by atoms with Crippen LogP contribution in [0.2, 0.25) is 4.34 Å². The standard InChI is InChI=1S/C3H2ClNOS/c4-2-1-5-3(6)7-2/h1H,(H,5,6). The van der Waals surface area contributed by atoms with Crippen molar-refractivity contribution in [1.82, 2.24) is 4.98 Å². The van der Waals surface area contributed by atoms with Gasteiger partial charge in [0.15, 0.2) is 0 Å². The summed E-state index contributed by atoms with van der Waals surface area (Å²) in [7, 11) is 0. The van der Waals surface area contributed by atoms with E-state index in [1.807, 2.05) is 0 Å². The van der Waals surface area contributed by atoms with E-state index < -0.39 is 0 Å². The third-order valence-electron chi connectivity index (χ3n) is 0.494. The van der Waals surface area contributed by atoms with Crippen molar-refractivity contribution in [2.45, 2.75) is 0 Å². The first kappa shape index (κ1) is 4.87. The summed E-state index contributed by atoms with van der Waals surface area (Å²) in [6.45, 7) is 0. The Hall–Kier alpha value is -0.280. The largest absolute Gasteiger partial charge is 0.318 e. The molecule has 0 aromatic carbocycles. The van der Waals surface area contributed by atoms with Gasteiger partial charge in [-0.1, -0.05) is 22.9 Å². The van der Waals surface area contributed by atoms with Gasteiger partial charge in [0.2, 0.25) is 0 Å². The van der Waals surface area contributed by atoms with E-state index in [2.05, 4.69) is 4.98 Å². The van der Waals surface area contributed by atoms with Crippen molar-refractivity contribution in [3.63, 3.8) is 0 Å². The molecule has 2 nitrogen and oxygen atoms in total. The molecule has 1 heterocycles. The average Bonchev–Trinajstić information content (AvgIpc) is 1.87. The molecule has 0 saturated heterocycles. The minimum Gasteiger partial charge on any atom is -0.318 e. The van der Waals surface area contributed by atoms with Crippen LogP contribution in [0.25, 0.3) is 0 Å². The molecule has 0 bridgehead atoms. The normalized spacial score (nSPS) is 9.29. The Labute approximate surface area is 48.8 Å². The maximum absolute atomic E-state index is 10.2. The highest BCUT2D eigenvalue weighted by Gasteiger charge is 1.86. The van der Waals surface area contributed by atoms with Gasteiger partial charge in [-0.25, -0.2) is 0 Å². The van der Waals surface area contributed by atoms with E-state index in [0.29, 0.717) is 4.34 Å². The lowest BCUT2D eigenvalue weighted by molar-refractivity contribution is 1.35. The number of thiazole rings is 1. The van der Waals surface area contributed by atoms with Gasteiger partial charge in [0.1, 0.15) is 4.34 Å². The fraction of sp³-hybridized carbons (Fsp3) is 0. The molecule has 0 aliphatic rings. The molecule has 1 aromatic rings. The summed E-state index contributed by atoms with van der Waals surface area (Å²) in [5, 5.41) is 0. The maximum Gasteiger partial charge on any atom is 0.305 e. The number of halogens is 1. The summed E-state index contributed by atoms with van der Waals surface area (Å²) in [6.07, 6.45) is 1.47. The van der Waals surface area contributed by atoms with E-state index >= 15 is 0 Å². The second kappa shape index (κ2) is 1.68. The molecule has 4 heteroatoms.